The van der Waals surface area contributed by atoms with Gasteiger partial charge in [-0.05, 0) is 43.5 Å². The van der Waals surface area contributed by atoms with Crippen LogP contribution in [-0.2, 0) is 16.5 Å². The Morgan fingerprint density at radius 1 is 1.11 bits per heavy atom. The van der Waals surface area contributed by atoms with Gasteiger partial charge in [0.1, 0.15) is 10.5 Å². The fourth-order valence-electron chi connectivity index (χ4n) is 2.74. The molecule has 0 fully saturated rings. The van der Waals surface area contributed by atoms with Crippen LogP contribution < -0.4 is 9.81 Å². The summed E-state index contributed by atoms with van der Waals surface area (Å²) in [5.74, 6) is -0.0828. The fraction of sp³-hybridized carbons (Fsp3) is 0.250. The van der Waals surface area contributed by atoms with Crippen molar-refractivity contribution in [2.75, 3.05) is 0 Å². The summed E-state index contributed by atoms with van der Waals surface area (Å²) in [5.41, 5.74) is 1.49. The number of hydrogen-bond acceptors (Lipinski definition) is 5. The van der Waals surface area contributed by atoms with Gasteiger partial charge in [-0.25, -0.2) is 4.79 Å². The first-order chi connectivity index (χ1) is 12.8. The predicted octanol–water partition coefficient (Wildman–Crippen LogP) is 4.87. The molecule has 142 valence electrons. The zero-order valence-corrected chi connectivity index (χ0v) is 16.6. The van der Waals surface area contributed by atoms with Crippen LogP contribution in [0.15, 0.2) is 56.6 Å². The molecule has 0 aliphatic heterocycles. The van der Waals surface area contributed by atoms with Gasteiger partial charge in [0.25, 0.3) is 0 Å². The third-order valence-electron chi connectivity index (χ3n) is 4.19. The number of hydrogen-bond donors (Lipinski definition) is 0. The third-order valence-corrected chi connectivity index (χ3v) is 5.74. The lowest BCUT2D eigenvalue weighted by molar-refractivity contribution is 0.485. The molecule has 3 aromatic rings. The normalized spacial score (nSPS) is 11.7. The third kappa shape index (κ3) is 4.34. The average molecular weight is 407 g/mol. The van der Waals surface area contributed by atoms with Crippen LogP contribution in [0.25, 0.3) is 11.0 Å². The largest absolute Gasteiger partial charge is 0.423 e. The quantitative estimate of drug-likeness (QED) is 0.431. The van der Waals surface area contributed by atoms with Crippen molar-refractivity contribution in [2.45, 2.75) is 38.0 Å². The second kappa shape index (κ2) is 7.74. The molecule has 27 heavy (non-hydrogen) atoms. The van der Waals surface area contributed by atoms with Crippen molar-refractivity contribution in [1.29, 1.82) is 0 Å². The fourth-order valence-corrected chi connectivity index (χ4v) is 3.93. The number of rotatable bonds is 6. The average Bonchev–Trinajstić information content (AvgIpc) is 2.61. The molecule has 0 bridgehead atoms. The van der Waals surface area contributed by atoms with Gasteiger partial charge in [0.05, 0.1) is 5.02 Å². The van der Waals surface area contributed by atoms with Crippen LogP contribution in [0.1, 0.15) is 30.9 Å². The van der Waals surface area contributed by atoms with E-state index in [1.807, 2.05) is 6.92 Å². The van der Waals surface area contributed by atoms with Gasteiger partial charge in [-0.15, -0.1) is 0 Å². The van der Waals surface area contributed by atoms with Crippen molar-refractivity contribution in [1.82, 2.24) is 0 Å². The van der Waals surface area contributed by atoms with Crippen molar-refractivity contribution in [3.63, 3.8) is 0 Å². The number of unbranched alkanes of at least 4 members (excludes halogenated alkanes) is 1. The van der Waals surface area contributed by atoms with Crippen LogP contribution in [0.4, 0.5) is 0 Å². The first kappa shape index (κ1) is 19.5. The van der Waals surface area contributed by atoms with Crippen molar-refractivity contribution in [2.24, 2.45) is 0 Å². The standard InChI is InChI=1S/C20H19ClO5S/c1-3-4-5-14-10-20(22)25-18-12-19(17(21)11-16(14)18)26-27(23,24)15-8-6-13(2)7-9-15/h6-12H,3-5H2,1-2H3. The summed E-state index contributed by atoms with van der Waals surface area (Å²) in [5, 5.41) is 0.804. The van der Waals surface area contributed by atoms with Gasteiger partial charge < -0.3 is 8.60 Å². The van der Waals surface area contributed by atoms with E-state index in [9.17, 15) is 13.2 Å². The first-order valence-corrected chi connectivity index (χ1v) is 10.4. The highest BCUT2D eigenvalue weighted by Gasteiger charge is 2.20. The minimum atomic E-state index is -4.06. The molecule has 2 aromatic carbocycles. The lowest BCUT2D eigenvalue weighted by Crippen LogP contribution is -2.10. The zero-order chi connectivity index (χ0) is 19.6. The van der Waals surface area contributed by atoms with E-state index in [4.69, 9.17) is 20.2 Å². The lowest BCUT2D eigenvalue weighted by atomic mass is 10.0. The van der Waals surface area contributed by atoms with Crippen LogP contribution in [0.3, 0.4) is 0 Å². The Balaban J connectivity index is 2.04. The lowest BCUT2D eigenvalue weighted by Gasteiger charge is -2.11. The minimum Gasteiger partial charge on any atom is -0.423 e. The zero-order valence-electron chi connectivity index (χ0n) is 15.0. The number of halogens is 1. The molecule has 0 saturated heterocycles. The molecule has 7 heteroatoms. The summed E-state index contributed by atoms with van der Waals surface area (Å²) in [6.07, 6.45) is 2.60. The van der Waals surface area contributed by atoms with Gasteiger partial charge in [-0.3, -0.25) is 0 Å². The van der Waals surface area contributed by atoms with E-state index in [1.165, 1.54) is 24.3 Å². The van der Waals surface area contributed by atoms with Crippen LogP contribution in [0.2, 0.25) is 5.02 Å². The maximum atomic E-state index is 12.5. The Kier molecular flexibility index (Phi) is 5.58. The molecule has 3 rings (SSSR count). The summed E-state index contributed by atoms with van der Waals surface area (Å²) >= 11 is 6.26. The topological polar surface area (TPSA) is 73.6 Å². The smallest absolute Gasteiger partial charge is 0.339 e. The molecule has 0 saturated carbocycles. The number of aryl methyl sites for hydroxylation is 2. The number of fused-ring (bicyclic) bond motifs is 1. The molecular weight excluding hydrogens is 388 g/mol. The summed E-state index contributed by atoms with van der Waals surface area (Å²) in [4.78, 5) is 11.9. The van der Waals surface area contributed by atoms with E-state index in [0.29, 0.717) is 11.8 Å². The van der Waals surface area contributed by atoms with E-state index in [2.05, 4.69) is 6.92 Å². The highest BCUT2D eigenvalue weighted by Crippen LogP contribution is 2.33. The maximum Gasteiger partial charge on any atom is 0.339 e. The highest BCUT2D eigenvalue weighted by molar-refractivity contribution is 7.87. The molecule has 0 spiro atoms. The Hall–Kier alpha value is -2.31. The van der Waals surface area contributed by atoms with E-state index < -0.39 is 15.7 Å². The van der Waals surface area contributed by atoms with Gasteiger partial charge in [-0.2, -0.15) is 8.42 Å². The van der Waals surface area contributed by atoms with Gasteiger partial charge >= 0.3 is 15.7 Å². The molecule has 0 aliphatic rings. The van der Waals surface area contributed by atoms with Gasteiger partial charge in [0, 0.05) is 17.5 Å². The monoisotopic (exact) mass is 406 g/mol. The van der Waals surface area contributed by atoms with Crippen LogP contribution >= 0.6 is 11.6 Å². The molecule has 1 aromatic heterocycles. The Morgan fingerprint density at radius 2 is 1.81 bits per heavy atom. The highest BCUT2D eigenvalue weighted by atomic mass is 35.5. The summed E-state index contributed by atoms with van der Waals surface area (Å²) in [6.45, 7) is 3.91. The van der Waals surface area contributed by atoms with Gasteiger partial charge in [0.15, 0.2) is 5.75 Å². The Morgan fingerprint density at radius 3 is 2.48 bits per heavy atom. The SMILES string of the molecule is CCCCc1cc(=O)oc2cc(OS(=O)(=O)c3ccc(C)cc3)c(Cl)cc12. The molecule has 0 atom stereocenters. The summed E-state index contributed by atoms with van der Waals surface area (Å²) in [6, 6.07) is 10.6. The molecular formula is C20H19ClO5S. The van der Waals surface area contributed by atoms with Crippen LogP contribution in [0.5, 0.6) is 5.75 Å². The van der Waals surface area contributed by atoms with Crippen molar-refractivity contribution >= 4 is 32.7 Å². The maximum absolute atomic E-state index is 12.5. The van der Waals surface area contributed by atoms with E-state index in [1.54, 1.807) is 18.2 Å². The van der Waals surface area contributed by atoms with Gasteiger partial charge in [0.2, 0.25) is 0 Å². The number of benzene rings is 2. The molecule has 0 aliphatic carbocycles. The van der Waals surface area contributed by atoms with E-state index in [0.717, 1.165) is 24.0 Å². The molecule has 1 heterocycles. The molecule has 0 N–H and O–H groups in total. The van der Waals surface area contributed by atoms with Crippen LogP contribution in [0, 0.1) is 6.92 Å². The molecule has 0 unspecified atom stereocenters. The van der Waals surface area contributed by atoms with Crippen molar-refractivity contribution < 1.29 is 17.0 Å². The predicted molar refractivity (Wildman–Crippen MR) is 105 cm³/mol. The second-order valence-electron chi connectivity index (χ2n) is 6.32. The summed E-state index contributed by atoms with van der Waals surface area (Å²) < 4.78 is 35.4. The minimum absolute atomic E-state index is 0.0161. The molecule has 0 radical (unpaired) electrons. The Labute approximate surface area is 162 Å². The summed E-state index contributed by atoms with van der Waals surface area (Å²) in [7, 11) is -4.06. The molecule has 5 nitrogen and oxygen atoms in total. The van der Waals surface area contributed by atoms with Crippen LogP contribution in [-0.4, -0.2) is 8.42 Å². The van der Waals surface area contributed by atoms with Crippen molar-refractivity contribution in [3.8, 4) is 5.75 Å². The second-order valence-corrected chi connectivity index (χ2v) is 8.28. The molecule has 0 amide bonds. The Bertz CT molecular complexity index is 1130. The van der Waals surface area contributed by atoms with Crippen molar-refractivity contribution in [3.05, 3.63) is 69.0 Å². The first-order valence-electron chi connectivity index (χ1n) is 8.57. The van der Waals surface area contributed by atoms with Gasteiger partial charge in [-0.1, -0.05) is 42.6 Å². The van der Waals surface area contributed by atoms with E-state index in [-0.39, 0.29) is 21.3 Å². The van der Waals surface area contributed by atoms with E-state index >= 15 is 0 Å².